The molecule has 0 radical (unpaired) electrons. The molecule has 7 nitrogen and oxygen atoms in total. The van der Waals surface area contributed by atoms with Crippen molar-refractivity contribution in [1.82, 2.24) is 9.13 Å². The lowest BCUT2D eigenvalue weighted by atomic mass is 10.2. The molecule has 0 spiro atoms. The molecule has 0 amide bonds. The molecule has 1 N–H and O–H groups in total. The summed E-state index contributed by atoms with van der Waals surface area (Å²) in [6, 6.07) is 0. The fourth-order valence-electron chi connectivity index (χ4n) is 3.66. The minimum atomic E-state index is -0.587. The maximum Gasteiger partial charge on any atom is 0.332 e. The molecule has 1 aliphatic carbocycles. The third-order valence-electron chi connectivity index (χ3n) is 5.27. The Labute approximate surface area is 155 Å². The highest BCUT2D eigenvalue weighted by molar-refractivity contribution is 7.18. The van der Waals surface area contributed by atoms with Crippen LogP contribution in [-0.4, -0.2) is 41.8 Å². The molecule has 0 saturated carbocycles. The zero-order valence-electron chi connectivity index (χ0n) is 15.6. The molecule has 0 aliphatic heterocycles. The Kier molecular flexibility index (Phi) is 5.62. The van der Waals surface area contributed by atoms with Crippen LogP contribution < -0.4 is 16.1 Å². The van der Waals surface area contributed by atoms with Crippen LogP contribution in [0.3, 0.4) is 0 Å². The summed E-state index contributed by atoms with van der Waals surface area (Å²) in [5.41, 5.74) is 0.290. The molecule has 26 heavy (non-hydrogen) atoms. The smallest absolute Gasteiger partial charge is 0.332 e. The molecule has 0 saturated heterocycles. The number of carbonyl (C=O) groups is 1. The number of nitrogens with zero attached hydrogens (tertiary/aromatic N) is 2. The van der Waals surface area contributed by atoms with Gasteiger partial charge in [0.1, 0.15) is 11.4 Å². The van der Waals surface area contributed by atoms with Crippen LogP contribution in [0.25, 0.3) is 10.2 Å². The van der Waals surface area contributed by atoms with Gasteiger partial charge in [-0.3, -0.25) is 14.2 Å². The maximum absolute atomic E-state index is 13.0. The number of likely N-dealkylation sites (N-methyl/N-ethyl adjacent to an activating group) is 1. The monoisotopic (exact) mass is 380 g/mol. The number of methoxy groups -OCH3 is 1. The van der Waals surface area contributed by atoms with Crippen molar-refractivity contribution in [3.05, 3.63) is 31.3 Å². The van der Waals surface area contributed by atoms with Crippen molar-refractivity contribution >= 4 is 27.5 Å². The van der Waals surface area contributed by atoms with E-state index in [4.69, 9.17) is 0 Å². The lowest BCUT2D eigenvalue weighted by Crippen LogP contribution is -3.11. The first-order valence-electron chi connectivity index (χ1n) is 9.20. The first-order chi connectivity index (χ1) is 12.5. The second-order valence-corrected chi connectivity index (χ2v) is 7.73. The van der Waals surface area contributed by atoms with Gasteiger partial charge in [0.05, 0.1) is 38.7 Å². The van der Waals surface area contributed by atoms with Gasteiger partial charge in [0.25, 0.3) is 5.56 Å². The number of ether oxygens (including phenoxy) is 1. The molecule has 0 bridgehead atoms. The molecule has 0 aromatic carbocycles. The average Bonchev–Trinajstić information content (AvgIpc) is 3.22. The number of esters is 1. The fraction of sp³-hybridized carbons (Fsp3) is 0.611. The third-order valence-corrected chi connectivity index (χ3v) is 6.59. The predicted molar refractivity (Wildman–Crippen MR) is 101 cm³/mol. The molecule has 8 heteroatoms. The Morgan fingerprint density at radius 3 is 2.58 bits per heavy atom. The lowest BCUT2D eigenvalue weighted by molar-refractivity contribution is -0.897. The van der Waals surface area contributed by atoms with Crippen molar-refractivity contribution in [2.75, 3.05) is 26.7 Å². The summed E-state index contributed by atoms with van der Waals surface area (Å²) >= 11 is 1.57. The summed E-state index contributed by atoms with van der Waals surface area (Å²) in [5, 5.41) is 0.626. The van der Waals surface area contributed by atoms with Crippen LogP contribution in [0.1, 0.15) is 30.7 Å². The normalized spacial score (nSPS) is 13.5. The second kappa shape index (κ2) is 7.75. The van der Waals surface area contributed by atoms with Gasteiger partial charge >= 0.3 is 11.7 Å². The molecular weight excluding hydrogens is 354 g/mol. The van der Waals surface area contributed by atoms with Crippen molar-refractivity contribution in [3.8, 4) is 0 Å². The standard InChI is InChI=1S/C18H25N3O4S/c1-4-19(5-2)9-10-20-17-15(12-7-6-8-13(12)26-17)16(23)21(18(20)24)11-14(22)25-3/h4-11H2,1-3H3/p+1. The van der Waals surface area contributed by atoms with E-state index >= 15 is 0 Å². The van der Waals surface area contributed by atoms with E-state index in [0.29, 0.717) is 11.9 Å². The van der Waals surface area contributed by atoms with Crippen molar-refractivity contribution in [1.29, 1.82) is 0 Å². The highest BCUT2D eigenvalue weighted by Crippen LogP contribution is 2.34. The molecule has 0 fully saturated rings. The number of aromatic nitrogens is 2. The summed E-state index contributed by atoms with van der Waals surface area (Å²) in [6.45, 7) is 7.21. The summed E-state index contributed by atoms with van der Waals surface area (Å²) in [5.74, 6) is -0.587. The molecule has 0 unspecified atom stereocenters. The minimum Gasteiger partial charge on any atom is -0.468 e. The zero-order chi connectivity index (χ0) is 18.8. The number of hydrogen-bond donors (Lipinski definition) is 1. The van der Waals surface area contributed by atoms with E-state index in [2.05, 4.69) is 18.6 Å². The van der Waals surface area contributed by atoms with Gasteiger partial charge in [-0.15, -0.1) is 11.3 Å². The van der Waals surface area contributed by atoms with Crippen LogP contribution >= 0.6 is 11.3 Å². The van der Waals surface area contributed by atoms with Gasteiger partial charge in [-0.05, 0) is 38.7 Å². The van der Waals surface area contributed by atoms with Gasteiger partial charge in [0.15, 0.2) is 0 Å². The van der Waals surface area contributed by atoms with Gasteiger partial charge in [-0.25, -0.2) is 9.36 Å². The first kappa shape index (κ1) is 18.8. The highest BCUT2D eigenvalue weighted by Gasteiger charge is 2.25. The number of thiophene rings is 1. The number of nitrogens with one attached hydrogen (secondary N) is 1. The van der Waals surface area contributed by atoms with E-state index < -0.39 is 11.7 Å². The average molecular weight is 380 g/mol. The second-order valence-electron chi connectivity index (χ2n) is 6.65. The number of fused-ring (bicyclic) bond motifs is 3. The van der Waals surface area contributed by atoms with Crippen LogP contribution in [-0.2, 0) is 35.5 Å². The number of hydrogen-bond acceptors (Lipinski definition) is 5. The van der Waals surface area contributed by atoms with Crippen molar-refractivity contribution in [2.45, 2.75) is 46.2 Å². The Morgan fingerprint density at radius 1 is 1.19 bits per heavy atom. The number of aryl methyl sites for hydroxylation is 2. The summed E-state index contributed by atoms with van der Waals surface area (Å²) in [7, 11) is 1.26. The van der Waals surface area contributed by atoms with Crippen LogP contribution in [0.4, 0.5) is 0 Å². The van der Waals surface area contributed by atoms with Crippen LogP contribution in [0.2, 0.25) is 0 Å². The molecule has 2 heterocycles. The molecule has 2 aromatic rings. The van der Waals surface area contributed by atoms with Crippen molar-refractivity contribution < 1.29 is 14.4 Å². The van der Waals surface area contributed by atoms with E-state index in [1.807, 2.05) is 0 Å². The topological polar surface area (TPSA) is 74.7 Å². The Bertz CT molecular complexity index is 937. The van der Waals surface area contributed by atoms with Gasteiger partial charge in [0, 0.05) is 4.88 Å². The van der Waals surface area contributed by atoms with Crippen LogP contribution in [0, 0.1) is 0 Å². The Morgan fingerprint density at radius 2 is 1.92 bits per heavy atom. The van der Waals surface area contributed by atoms with E-state index in [1.54, 1.807) is 15.9 Å². The Hall–Kier alpha value is -1.93. The van der Waals surface area contributed by atoms with Crippen molar-refractivity contribution in [2.24, 2.45) is 0 Å². The SMILES string of the molecule is CC[NH+](CC)CCn1c(=O)n(CC(=O)OC)c(=O)c2c3c(sc21)CCC3. The Balaban J connectivity index is 2.16. The maximum atomic E-state index is 13.0. The first-order valence-corrected chi connectivity index (χ1v) is 10.0. The molecular formula is C18H26N3O4S+. The number of rotatable bonds is 7. The van der Waals surface area contributed by atoms with Crippen molar-refractivity contribution in [3.63, 3.8) is 0 Å². The highest BCUT2D eigenvalue weighted by atomic mass is 32.1. The van der Waals surface area contributed by atoms with E-state index in [1.165, 1.54) is 16.9 Å². The molecule has 3 rings (SSSR count). The van der Waals surface area contributed by atoms with Crippen LogP contribution in [0.5, 0.6) is 0 Å². The largest absolute Gasteiger partial charge is 0.468 e. The summed E-state index contributed by atoms with van der Waals surface area (Å²) in [6.07, 6.45) is 2.86. The van der Waals surface area contributed by atoms with E-state index in [9.17, 15) is 14.4 Å². The predicted octanol–water partition coefficient (Wildman–Crippen LogP) is -0.189. The van der Waals surface area contributed by atoms with Gasteiger partial charge in [-0.1, -0.05) is 0 Å². The van der Waals surface area contributed by atoms with E-state index in [0.717, 1.165) is 53.9 Å². The number of carbonyl (C=O) groups excluding carboxylic acids is 1. The zero-order valence-corrected chi connectivity index (χ0v) is 16.4. The molecule has 2 aromatic heterocycles. The lowest BCUT2D eigenvalue weighted by Gasteiger charge is -2.17. The fourth-order valence-corrected chi connectivity index (χ4v) is 5.06. The van der Waals surface area contributed by atoms with E-state index in [-0.39, 0.29) is 12.1 Å². The molecule has 0 atom stereocenters. The summed E-state index contributed by atoms with van der Waals surface area (Å²) in [4.78, 5) is 41.0. The quantitative estimate of drug-likeness (QED) is 0.676. The van der Waals surface area contributed by atoms with Crippen LogP contribution in [0.15, 0.2) is 9.59 Å². The number of quaternary nitrogens is 1. The van der Waals surface area contributed by atoms with Gasteiger partial charge < -0.3 is 9.64 Å². The van der Waals surface area contributed by atoms with Gasteiger partial charge in [0.2, 0.25) is 0 Å². The third kappa shape index (κ3) is 3.23. The molecule has 1 aliphatic rings. The summed E-state index contributed by atoms with van der Waals surface area (Å²) < 4.78 is 7.40. The minimum absolute atomic E-state index is 0.340. The molecule has 142 valence electrons. The van der Waals surface area contributed by atoms with Gasteiger partial charge in [-0.2, -0.15) is 0 Å².